The highest BCUT2D eigenvalue weighted by Gasteiger charge is 1.95. The molecule has 0 aliphatic carbocycles. The lowest BCUT2D eigenvalue weighted by molar-refractivity contribution is 0.333. The van der Waals surface area contributed by atoms with E-state index in [1.807, 2.05) is 37.3 Å². The Morgan fingerprint density at radius 1 is 1.11 bits per heavy atom. The van der Waals surface area contributed by atoms with Crippen LogP contribution in [0, 0.1) is 12.7 Å². The Morgan fingerprint density at radius 3 is 2.61 bits per heavy atom. The van der Waals surface area contributed by atoms with Crippen molar-refractivity contribution in [3.63, 3.8) is 0 Å². The molecule has 1 N–H and O–H groups in total. The van der Waals surface area contributed by atoms with Crippen molar-refractivity contribution in [2.75, 3.05) is 18.5 Å². The van der Waals surface area contributed by atoms with E-state index in [1.54, 1.807) is 6.07 Å². The molecule has 0 bridgehead atoms. The summed E-state index contributed by atoms with van der Waals surface area (Å²) >= 11 is 0. The predicted molar refractivity (Wildman–Crippen MR) is 71.6 cm³/mol. The van der Waals surface area contributed by atoms with Crippen molar-refractivity contribution in [3.8, 4) is 5.75 Å². The lowest BCUT2D eigenvalue weighted by atomic mass is 10.2. The molecule has 0 fully saturated rings. The summed E-state index contributed by atoms with van der Waals surface area (Å²) in [4.78, 5) is 0. The van der Waals surface area contributed by atoms with Gasteiger partial charge in [0.2, 0.25) is 0 Å². The zero-order valence-electron chi connectivity index (χ0n) is 10.3. The number of ether oxygens (including phenoxy) is 1. The minimum atomic E-state index is -0.237. The first-order chi connectivity index (χ1) is 8.74. The molecule has 2 aromatic carbocycles. The third-order valence-electron chi connectivity index (χ3n) is 2.55. The third-order valence-corrected chi connectivity index (χ3v) is 2.55. The summed E-state index contributed by atoms with van der Waals surface area (Å²) < 4.78 is 18.5. The second-order valence-corrected chi connectivity index (χ2v) is 4.10. The van der Waals surface area contributed by atoms with E-state index in [-0.39, 0.29) is 5.82 Å². The van der Waals surface area contributed by atoms with Crippen molar-refractivity contribution in [1.29, 1.82) is 0 Å². The molecular formula is C15H16FNO. The molecule has 0 radical (unpaired) electrons. The van der Waals surface area contributed by atoms with Crippen molar-refractivity contribution in [1.82, 2.24) is 0 Å². The molecule has 18 heavy (non-hydrogen) atoms. The fraction of sp³-hybridized carbons (Fsp3) is 0.200. The van der Waals surface area contributed by atoms with Crippen molar-refractivity contribution >= 4 is 5.69 Å². The highest BCUT2D eigenvalue weighted by molar-refractivity contribution is 5.42. The van der Waals surface area contributed by atoms with E-state index in [1.165, 1.54) is 17.7 Å². The number of rotatable bonds is 5. The van der Waals surface area contributed by atoms with Crippen LogP contribution in [0.4, 0.5) is 10.1 Å². The maximum atomic E-state index is 12.9. The topological polar surface area (TPSA) is 21.3 Å². The lowest BCUT2D eigenvalue weighted by Gasteiger charge is -2.08. The molecule has 2 aromatic rings. The number of benzene rings is 2. The quantitative estimate of drug-likeness (QED) is 0.812. The van der Waals surface area contributed by atoms with Crippen LogP contribution < -0.4 is 10.1 Å². The second kappa shape index (κ2) is 6.05. The van der Waals surface area contributed by atoms with Gasteiger partial charge in [-0.15, -0.1) is 0 Å². The number of hydrogen-bond donors (Lipinski definition) is 1. The van der Waals surface area contributed by atoms with E-state index in [4.69, 9.17) is 4.74 Å². The SMILES string of the molecule is Cc1ccc(OCCNc2cccc(F)c2)cc1. The predicted octanol–water partition coefficient (Wildman–Crippen LogP) is 3.63. The molecule has 3 heteroatoms. The standard InChI is InChI=1S/C15H16FNO/c1-12-5-7-15(8-6-12)18-10-9-17-14-4-2-3-13(16)11-14/h2-8,11,17H,9-10H2,1H3. The number of halogens is 1. The van der Waals surface area contributed by atoms with Gasteiger partial charge in [0, 0.05) is 12.2 Å². The summed E-state index contributed by atoms with van der Waals surface area (Å²) in [6.45, 7) is 3.21. The molecule has 94 valence electrons. The fourth-order valence-corrected chi connectivity index (χ4v) is 1.60. The Balaban J connectivity index is 1.74. The van der Waals surface area contributed by atoms with Gasteiger partial charge in [-0.2, -0.15) is 0 Å². The third kappa shape index (κ3) is 3.77. The minimum Gasteiger partial charge on any atom is -0.492 e. The highest BCUT2D eigenvalue weighted by Crippen LogP contribution is 2.12. The van der Waals surface area contributed by atoms with Gasteiger partial charge in [0.05, 0.1) is 0 Å². The van der Waals surface area contributed by atoms with Crippen LogP contribution in [0.25, 0.3) is 0 Å². The van der Waals surface area contributed by atoms with E-state index in [9.17, 15) is 4.39 Å². The van der Waals surface area contributed by atoms with Gasteiger partial charge < -0.3 is 10.1 Å². The van der Waals surface area contributed by atoms with Gasteiger partial charge in [-0.05, 0) is 37.3 Å². The van der Waals surface area contributed by atoms with E-state index in [0.717, 1.165) is 11.4 Å². The first kappa shape index (κ1) is 12.4. The minimum absolute atomic E-state index is 0.237. The summed E-state index contributed by atoms with van der Waals surface area (Å²) in [7, 11) is 0. The molecule has 0 atom stereocenters. The largest absolute Gasteiger partial charge is 0.492 e. The van der Waals surface area contributed by atoms with Crippen molar-refractivity contribution in [2.24, 2.45) is 0 Å². The van der Waals surface area contributed by atoms with Gasteiger partial charge in [-0.1, -0.05) is 23.8 Å². The first-order valence-electron chi connectivity index (χ1n) is 5.93. The van der Waals surface area contributed by atoms with Gasteiger partial charge in [0.1, 0.15) is 18.2 Å². The summed E-state index contributed by atoms with van der Waals surface area (Å²) in [5.41, 5.74) is 1.97. The van der Waals surface area contributed by atoms with E-state index < -0.39 is 0 Å². The number of nitrogens with one attached hydrogen (secondary N) is 1. The zero-order valence-corrected chi connectivity index (χ0v) is 10.3. The molecule has 0 aromatic heterocycles. The van der Waals surface area contributed by atoms with Crippen LogP contribution in [0.2, 0.25) is 0 Å². The van der Waals surface area contributed by atoms with E-state index in [2.05, 4.69) is 5.32 Å². The molecule has 0 heterocycles. The Labute approximate surface area is 106 Å². The van der Waals surface area contributed by atoms with Gasteiger partial charge in [0.25, 0.3) is 0 Å². The van der Waals surface area contributed by atoms with Crippen molar-refractivity contribution < 1.29 is 9.13 Å². The second-order valence-electron chi connectivity index (χ2n) is 4.10. The van der Waals surface area contributed by atoms with Gasteiger partial charge in [-0.25, -0.2) is 4.39 Å². The Morgan fingerprint density at radius 2 is 1.89 bits per heavy atom. The molecule has 2 nitrogen and oxygen atoms in total. The average molecular weight is 245 g/mol. The normalized spacial score (nSPS) is 10.1. The van der Waals surface area contributed by atoms with E-state index >= 15 is 0 Å². The van der Waals surface area contributed by atoms with Crippen LogP contribution in [-0.4, -0.2) is 13.2 Å². The lowest BCUT2D eigenvalue weighted by Crippen LogP contribution is -2.11. The summed E-state index contributed by atoms with van der Waals surface area (Å²) in [5.74, 6) is 0.612. The van der Waals surface area contributed by atoms with Gasteiger partial charge in [0.15, 0.2) is 0 Å². The molecular weight excluding hydrogens is 229 g/mol. The highest BCUT2D eigenvalue weighted by atomic mass is 19.1. The average Bonchev–Trinajstić information content (AvgIpc) is 2.37. The van der Waals surface area contributed by atoms with Crippen LogP contribution in [0.15, 0.2) is 48.5 Å². The molecule has 0 saturated heterocycles. The smallest absolute Gasteiger partial charge is 0.125 e. The van der Waals surface area contributed by atoms with Crippen LogP contribution in [0.1, 0.15) is 5.56 Å². The van der Waals surface area contributed by atoms with Gasteiger partial charge >= 0.3 is 0 Å². The molecule has 0 saturated carbocycles. The summed E-state index contributed by atoms with van der Waals surface area (Å²) in [5, 5.41) is 3.10. The fourth-order valence-electron chi connectivity index (χ4n) is 1.60. The monoisotopic (exact) mass is 245 g/mol. The number of aryl methyl sites for hydroxylation is 1. The van der Waals surface area contributed by atoms with Crippen LogP contribution in [0.3, 0.4) is 0 Å². The zero-order chi connectivity index (χ0) is 12.8. The molecule has 0 aliphatic heterocycles. The van der Waals surface area contributed by atoms with E-state index in [0.29, 0.717) is 13.2 Å². The van der Waals surface area contributed by atoms with Crippen LogP contribution in [0.5, 0.6) is 5.75 Å². The number of anilines is 1. The number of hydrogen-bond acceptors (Lipinski definition) is 2. The van der Waals surface area contributed by atoms with Crippen LogP contribution in [-0.2, 0) is 0 Å². The molecule has 0 aliphatic rings. The summed E-state index contributed by atoms with van der Waals surface area (Å²) in [6, 6.07) is 14.3. The van der Waals surface area contributed by atoms with Crippen LogP contribution >= 0.6 is 0 Å². The van der Waals surface area contributed by atoms with Crippen molar-refractivity contribution in [3.05, 3.63) is 59.9 Å². The molecule has 2 rings (SSSR count). The van der Waals surface area contributed by atoms with Gasteiger partial charge in [-0.3, -0.25) is 0 Å². The maximum Gasteiger partial charge on any atom is 0.125 e. The molecule has 0 amide bonds. The first-order valence-corrected chi connectivity index (χ1v) is 5.93. The molecule has 0 unspecified atom stereocenters. The van der Waals surface area contributed by atoms with Crippen molar-refractivity contribution in [2.45, 2.75) is 6.92 Å². The maximum absolute atomic E-state index is 12.9. The molecule has 0 spiro atoms. The summed E-state index contributed by atoms with van der Waals surface area (Å²) in [6.07, 6.45) is 0. The Kier molecular flexibility index (Phi) is 4.18. The Bertz CT molecular complexity index is 496. The Hall–Kier alpha value is -2.03.